The highest BCUT2D eigenvalue weighted by molar-refractivity contribution is 9.10. The van der Waals surface area contributed by atoms with Crippen LogP contribution in [-0.2, 0) is 11.3 Å². The van der Waals surface area contributed by atoms with Crippen LogP contribution in [0.15, 0.2) is 55.9 Å². The largest absolute Gasteiger partial charge is 0.467 e. The quantitative estimate of drug-likeness (QED) is 0.477. The predicted molar refractivity (Wildman–Crippen MR) is 123 cm³/mol. The second kappa shape index (κ2) is 10.3. The minimum absolute atomic E-state index is 0.0428. The molecule has 8 nitrogen and oxygen atoms in total. The second-order valence-electron chi connectivity index (χ2n) is 6.78. The van der Waals surface area contributed by atoms with Crippen molar-refractivity contribution < 1.29 is 14.0 Å². The lowest BCUT2D eigenvalue weighted by Gasteiger charge is -2.34. The lowest BCUT2D eigenvalue weighted by Crippen LogP contribution is -2.48. The summed E-state index contributed by atoms with van der Waals surface area (Å²) in [5.41, 5.74) is 0.691. The number of benzene rings is 1. The van der Waals surface area contributed by atoms with Crippen molar-refractivity contribution in [3.63, 3.8) is 0 Å². The summed E-state index contributed by atoms with van der Waals surface area (Å²) in [5, 5.41) is 12.1. The van der Waals surface area contributed by atoms with E-state index in [9.17, 15) is 9.59 Å². The van der Waals surface area contributed by atoms with E-state index in [-0.39, 0.29) is 17.6 Å². The van der Waals surface area contributed by atoms with Crippen molar-refractivity contribution in [1.29, 1.82) is 0 Å². The SMILES string of the molecule is O=C(CSc1nnc(N2CCN(C(=O)c3ccc(Br)cc3)CC2)s1)NCc1ccco1. The molecule has 1 N–H and O–H groups in total. The van der Waals surface area contributed by atoms with Crippen LogP contribution in [0.2, 0.25) is 0 Å². The molecule has 0 unspecified atom stereocenters. The third-order valence-corrected chi connectivity index (χ3v) is 7.34. The van der Waals surface area contributed by atoms with Gasteiger partial charge in [0.2, 0.25) is 11.0 Å². The standard InChI is InChI=1S/C20H20BrN5O3S2/c21-15-5-3-14(4-6-15)18(28)25-7-9-26(10-8-25)19-23-24-20(31-19)30-13-17(27)22-12-16-2-1-11-29-16/h1-6,11H,7-10,12-13H2,(H,22,27). The van der Waals surface area contributed by atoms with Crippen LogP contribution in [-0.4, -0.2) is 58.8 Å². The highest BCUT2D eigenvalue weighted by Crippen LogP contribution is 2.28. The molecule has 11 heteroatoms. The Hall–Kier alpha value is -2.37. The summed E-state index contributed by atoms with van der Waals surface area (Å²) in [5.74, 6) is 0.943. The van der Waals surface area contributed by atoms with Gasteiger partial charge in [-0.3, -0.25) is 9.59 Å². The molecule has 4 rings (SSSR count). The molecule has 3 heterocycles. The number of hydrogen-bond donors (Lipinski definition) is 1. The van der Waals surface area contributed by atoms with E-state index in [1.54, 1.807) is 12.3 Å². The van der Waals surface area contributed by atoms with Crippen molar-refractivity contribution in [3.8, 4) is 0 Å². The Morgan fingerprint density at radius 2 is 1.90 bits per heavy atom. The number of hydrogen-bond acceptors (Lipinski definition) is 8. The van der Waals surface area contributed by atoms with Crippen LogP contribution < -0.4 is 10.2 Å². The van der Waals surface area contributed by atoms with Gasteiger partial charge in [-0.15, -0.1) is 10.2 Å². The average molecular weight is 522 g/mol. The Bertz CT molecular complexity index is 1020. The fourth-order valence-electron chi connectivity index (χ4n) is 3.04. The molecule has 1 aliphatic heterocycles. The van der Waals surface area contributed by atoms with E-state index in [0.29, 0.717) is 44.0 Å². The fourth-order valence-corrected chi connectivity index (χ4v) is 5.03. The number of piperazine rings is 1. The first-order valence-corrected chi connectivity index (χ1v) is 12.2. The molecular weight excluding hydrogens is 502 g/mol. The van der Waals surface area contributed by atoms with Gasteiger partial charge in [-0.05, 0) is 36.4 Å². The van der Waals surface area contributed by atoms with Crippen molar-refractivity contribution >= 4 is 56.0 Å². The summed E-state index contributed by atoms with van der Waals surface area (Å²) >= 11 is 6.22. The number of carbonyl (C=O) groups is 2. The zero-order valence-electron chi connectivity index (χ0n) is 16.5. The van der Waals surface area contributed by atoms with Gasteiger partial charge < -0.3 is 19.5 Å². The van der Waals surface area contributed by atoms with Gasteiger partial charge in [-0.2, -0.15) is 0 Å². The van der Waals surface area contributed by atoms with Crippen LogP contribution in [0.5, 0.6) is 0 Å². The summed E-state index contributed by atoms with van der Waals surface area (Å²) in [6, 6.07) is 11.0. The maximum absolute atomic E-state index is 12.7. The summed E-state index contributed by atoms with van der Waals surface area (Å²) in [4.78, 5) is 28.6. The fraction of sp³-hybridized carbons (Fsp3) is 0.300. The van der Waals surface area contributed by atoms with Crippen molar-refractivity contribution in [1.82, 2.24) is 20.4 Å². The van der Waals surface area contributed by atoms with Gasteiger partial charge in [0.25, 0.3) is 5.91 Å². The molecule has 1 aliphatic rings. The number of aromatic nitrogens is 2. The van der Waals surface area contributed by atoms with E-state index in [0.717, 1.165) is 13.9 Å². The number of thioether (sulfide) groups is 1. The molecule has 1 saturated heterocycles. The van der Waals surface area contributed by atoms with Crippen LogP contribution >= 0.6 is 39.0 Å². The molecule has 31 heavy (non-hydrogen) atoms. The monoisotopic (exact) mass is 521 g/mol. The van der Waals surface area contributed by atoms with Gasteiger partial charge in [-0.1, -0.05) is 39.0 Å². The lowest BCUT2D eigenvalue weighted by atomic mass is 10.2. The van der Waals surface area contributed by atoms with Crippen molar-refractivity contribution in [2.24, 2.45) is 0 Å². The van der Waals surface area contributed by atoms with Crippen LogP contribution in [0.4, 0.5) is 5.13 Å². The maximum atomic E-state index is 12.7. The van der Waals surface area contributed by atoms with Crippen molar-refractivity contribution in [3.05, 3.63) is 58.5 Å². The highest BCUT2D eigenvalue weighted by atomic mass is 79.9. The maximum Gasteiger partial charge on any atom is 0.253 e. The minimum Gasteiger partial charge on any atom is -0.467 e. The van der Waals surface area contributed by atoms with Crippen molar-refractivity contribution in [2.75, 3.05) is 36.8 Å². The summed E-state index contributed by atoms with van der Waals surface area (Å²) < 4.78 is 6.89. The van der Waals surface area contributed by atoms with Gasteiger partial charge in [-0.25, -0.2) is 0 Å². The second-order valence-corrected chi connectivity index (χ2v) is 9.88. The molecule has 0 spiro atoms. The number of nitrogens with one attached hydrogen (secondary N) is 1. The molecule has 1 fully saturated rings. The number of furan rings is 1. The Labute approximate surface area is 196 Å². The number of nitrogens with zero attached hydrogens (tertiary/aromatic N) is 4. The number of halogens is 1. The first kappa shape index (κ1) is 21.8. The molecule has 3 aromatic rings. The van der Waals surface area contributed by atoms with E-state index in [1.807, 2.05) is 35.2 Å². The molecule has 0 radical (unpaired) electrons. The van der Waals surface area contributed by atoms with Crippen molar-refractivity contribution in [2.45, 2.75) is 10.9 Å². The molecule has 2 aromatic heterocycles. The van der Waals surface area contributed by atoms with Gasteiger partial charge >= 0.3 is 0 Å². The molecule has 2 amide bonds. The first-order chi connectivity index (χ1) is 15.1. The minimum atomic E-state index is -0.0850. The normalized spacial score (nSPS) is 14.0. The first-order valence-electron chi connectivity index (χ1n) is 9.63. The van der Waals surface area contributed by atoms with Crippen LogP contribution in [0.3, 0.4) is 0 Å². The van der Waals surface area contributed by atoms with E-state index in [2.05, 4.69) is 36.3 Å². The highest BCUT2D eigenvalue weighted by Gasteiger charge is 2.24. The van der Waals surface area contributed by atoms with E-state index in [4.69, 9.17) is 4.42 Å². The number of rotatable bonds is 7. The smallest absolute Gasteiger partial charge is 0.253 e. The predicted octanol–water partition coefficient (Wildman–Crippen LogP) is 3.26. The Morgan fingerprint density at radius 3 is 2.61 bits per heavy atom. The number of anilines is 1. The average Bonchev–Trinajstić information content (AvgIpc) is 3.49. The number of amides is 2. The van der Waals surface area contributed by atoms with Crippen LogP contribution in [0.25, 0.3) is 0 Å². The summed E-state index contributed by atoms with van der Waals surface area (Å²) in [7, 11) is 0. The van der Waals surface area contributed by atoms with Crippen LogP contribution in [0, 0.1) is 0 Å². The van der Waals surface area contributed by atoms with Gasteiger partial charge in [0.1, 0.15) is 5.76 Å². The molecular formula is C20H20BrN5O3S2. The third kappa shape index (κ3) is 5.86. The molecule has 0 saturated carbocycles. The topological polar surface area (TPSA) is 91.6 Å². The van der Waals surface area contributed by atoms with E-state index < -0.39 is 0 Å². The molecule has 162 valence electrons. The molecule has 0 bridgehead atoms. The summed E-state index contributed by atoms with van der Waals surface area (Å²) in [6.07, 6.45) is 1.58. The zero-order valence-corrected chi connectivity index (χ0v) is 19.7. The third-order valence-electron chi connectivity index (χ3n) is 4.69. The Balaban J connectivity index is 1.23. The lowest BCUT2D eigenvalue weighted by molar-refractivity contribution is -0.118. The van der Waals surface area contributed by atoms with Crippen LogP contribution in [0.1, 0.15) is 16.1 Å². The molecule has 1 aromatic carbocycles. The van der Waals surface area contributed by atoms with E-state index in [1.165, 1.54) is 23.1 Å². The van der Waals surface area contributed by atoms with Gasteiger partial charge in [0, 0.05) is 36.2 Å². The van der Waals surface area contributed by atoms with E-state index >= 15 is 0 Å². The molecule has 0 atom stereocenters. The molecule has 0 aliphatic carbocycles. The summed E-state index contributed by atoms with van der Waals surface area (Å²) in [6.45, 7) is 3.03. The Kier molecular flexibility index (Phi) is 7.25. The Morgan fingerprint density at radius 1 is 1.13 bits per heavy atom. The van der Waals surface area contributed by atoms with Gasteiger partial charge in [0.15, 0.2) is 4.34 Å². The zero-order chi connectivity index (χ0) is 21.6. The van der Waals surface area contributed by atoms with Gasteiger partial charge in [0.05, 0.1) is 18.6 Å². The number of carbonyl (C=O) groups excluding carboxylic acids is 2.